The van der Waals surface area contributed by atoms with Crippen molar-refractivity contribution in [2.45, 2.75) is 12.4 Å². The molecule has 0 radical (unpaired) electrons. The molecular weight excluding hydrogens is 262 g/mol. The summed E-state index contributed by atoms with van der Waals surface area (Å²) in [5.41, 5.74) is 0. The third-order valence-electron chi connectivity index (χ3n) is 1.16. The first-order chi connectivity index (χ1) is 5.84. The summed E-state index contributed by atoms with van der Waals surface area (Å²) in [7, 11) is -0.545. The maximum Gasteiger partial charge on any atom is 0.401 e. The lowest BCUT2D eigenvalue weighted by molar-refractivity contribution is -0.276. The molecule has 0 aliphatic rings. The van der Waals surface area contributed by atoms with Gasteiger partial charge >= 0.3 is 12.4 Å². The molecule has 0 amide bonds. The van der Waals surface area contributed by atoms with Crippen LogP contribution in [0.4, 0.5) is 26.3 Å². The van der Waals surface area contributed by atoms with Crippen LogP contribution in [-0.4, -0.2) is 26.5 Å². The van der Waals surface area contributed by atoms with Crippen LogP contribution in [0.15, 0.2) is 0 Å². The fourth-order valence-electron chi connectivity index (χ4n) is 0.574. The monoisotopic (exact) mass is 264 g/mol. The van der Waals surface area contributed by atoms with E-state index in [4.69, 9.17) is 0 Å². The van der Waals surface area contributed by atoms with E-state index in [0.717, 1.165) is 0 Å². The van der Waals surface area contributed by atoms with E-state index in [1.807, 2.05) is 0 Å². The van der Waals surface area contributed by atoms with E-state index in [9.17, 15) is 34.8 Å². The summed E-state index contributed by atoms with van der Waals surface area (Å²) in [6.45, 7) is 0. The topological polar surface area (TPSA) is 34.1 Å². The van der Waals surface area contributed by atoms with Crippen molar-refractivity contribution in [3.8, 4) is 0 Å². The van der Waals surface area contributed by atoms with Gasteiger partial charge in [-0.15, -0.1) is 0 Å². The zero-order valence-corrected chi connectivity index (χ0v) is 7.73. The van der Waals surface area contributed by atoms with Crippen LogP contribution in [0.1, 0.15) is 0 Å². The first-order valence-electron chi connectivity index (χ1n) is 2.90. The molecule has 0 bridgehead atoms. The largest absolute Gasteiger partial charge is 0.401 e. The molecule has 0 aromatic carbocycles. The average Bonchev–Trinajstić information content (AvgIpc) is 1.75. The molecule has 0 saturated carbocycles. The smallest absolute Gasteiger partial charge is 0.212 e. The van der Waals surface area contributed by atoms with Crippen LogP contribution in [0.5, 0.6) is 0 Å². The summed E-state index contributed by atoms with van der Waals surface area (Å²) >= 11 is 0. The summed E-state index contributed by atoms with van der Waals surface area (Å²) < 4.78 is 90.4. The molecule has 0 aromatic rings. The molecule has 0 rings (SSSR count). The highest BCUT2D eigenvalue weighted by Gasteiger charge is 2.58. The second-order valence-electron chi connectivity index (χ2n) is 2.34. The highest BCUT2D eigenvalue weighted by atomic mass is 35.7. The fraction of sp³-hybridized carbons (Fsp3) is 1.00. The van der Waals surface area contributed by atoms with Gasteiger partial charge in [0, 0.05) is 10.7 Å². The zero-order chi connectivity index (χ0) is 11.8. The predicted molar refractivity (Wildman–Crippen MR) is 35.2 cm³/mol. The molecule has 14 heavy (non-hydrogen) atoms. The molecule has 0 unspecified atom stereocenters. The first-order valence-corrected chi connectivity index (χ1v) is 5.37. The molecule has 0 N–H and O–H groups in total. The maximum atomic E-state index is 11.7. The zero-order valence-electron chi connectivity index (χ0n) is 6.15. The van der Waals surface area contributed by atoms with Gasteiger partial charge in [-0.05, 0) is 0 Å². The Bertz CT molecular complexity index is 276. The number of hydrogen-bond acceptors (Lipinski definition) is 2. The minimum atomic E-state index is -5.68. The number of hydrogen-bond donors (Lipinski definition) is 0. The fourth-order valence-corrected chi connectivity index (χ4v) is 1.73. The lowest BCUT2D eigenvalue weighted by atomic mass is 10.1. The molecule has 2 nitrogen and oxygen atoms in total. The van der Waals surface area contributed by atoms with Gasteiger partial charge in [0.2, 0.25) is 9.05 Å². The Morgan fingerprint density at radius 1 is 1.00 bits per heavy atom. The third-order valence-corrected chi connectivity index (χ3v) is 2.27. The van der Waals surface area contributed by atoms with E-state index in [0.29, 0.717) is 0 Å². The summed E-state index contributed by atoms with van der Waals surface area (Å²) in [6.07, 6.45) is -11.4. The van der Waals surface area contributed by atoms with E-state index in [1.165, 1.54) is 0 Å². The lowest BCUT2D eigenvalue weighted by Crippen LogP contribution is -2.40. The van der Waals surface area contributed by atoms with Gasteiger partial charge in [-0.1, -0.05) is 0 Å². The third kappa shape index (κ3) is 4.89. The first kappa shape index (κ1) is 13.8. The van der Waals surface area contributed by atoms with Crippen LogP contribution in [-0.2, 0) is 9.05 Å². The molecule has 0 atom stereocenters. The van der Waals surface area contributed by atoms with Gasteiger partial charge in [-0.3, -0.25) is 0 Å². The van der Waals surface area contributed by atoms with Crippen LogP contribution in [0.3, 0.4) is 0 Å². The molecular formula is C4H3ClF6O2S. The number of halogens is 7. The molecule has 0 fully saturated rings. The van der Waals surface area contributed by atoms with Gasteiger partial charge in [0.05, 0.1) is 5.75 Å². The molecule has 0 heterocycles. The highest BCUT2D eigenvalue weighted by Crippen LogP contribution is 2.40. The Hall–Kier alpha value is -0.180. The molecule has 0 saturated heterocycles. The molecule has 0 aliphatic heterocycles. The van der Waals surface area contributed by atoms with E-state index in [-0.39, 0.29) is 0 Å². The number of alkyl halides is 6. The van der Waals surface area contributed by atoms with Crippen LogP contribution in [0.2, 0.25) is 0 Å². The van der Waals surface area contributed by atoms with Crippen molar-refractivity contribution in [1.82, 2.24) is 0 Å². The minimum Gasteiger partial charge on any atom is -0.212 e. The van der Waals surface area contributed by atoms with Crippen molar-refractivity contribution in [2.24, 2.45) is 5.92 Å². The maximum absolute atomic E-state index is 11.7. The molecule has 0 aliphatic carbocycles. The van der Waals surface area contributed by atoms with Gasteiger partial charge in [-0.2, -0.15) is 26.3 Å². The van der Waals surface area contributed by atoms with E-state index in [1.54, 1.807) is 0 Å². The predicted octanol–water partition coefficient (Wildman–Crippen LogP) is 2.30. The van der Waals surface area contributed by atoms with E-state index in [2.05, 4.69) is 10.7 Å². The van der Waals surface area contributed by atoms with Gasteiger partial charge < -0.3 is 0 Å². The van der Waals surface area contributed by atoms with Gasteiger partial charge in [-0.25, -0.2) is 8.42 Å². The number of rotatable bonds is 2. The van der Waals surface area contributed by atoms with Crippen LogP contribution in [0, 0.1) is 5.92 Å². The molecule has 10 heteroatoms. The standard InChI is InChI=1S/C4H3ClF6O2S/c5-14(12,13)1-2(3(6,7)8)4(9,10)11/h2H,1H2. The Balaban J connectivity index is 4.97. The van der Waals surface area contributed by atoms with Crippen molar-refractivity contribution in [3.63, 3.8) is 0 Å². The average molecular weight is 265 g/mol. The van der Waals surface area contributed by atoms with Crippen molar-refractivity contribution in [2.75, 3.05) is 5.75 Å². The van der Waals surface area contributed by atoms with Gasteiger partial charge in [0.25, 0.3) is 0 Å². The summed E-state index contributed by atoms with van der Waals surface area (Å²) in [4.78, 5) is 0. The second-order valence-corrected chi connectivity index (χ2v) is 5.16. The van der Waals surface area contributed by atoms with Crippen LogP contribution < -0.4 is 0 Å². The Kier molecular flexibility index (Phi) is 3.71. The second kappa shape index (κ2) is 3.76. The summed E-state index contributed by atoms with van der Waals surface area (Å²) in [5, 5.41) is 0. The van der Waals surface area contributed by atoms with Crippen LogP contribution >= 0.6 is 10.7 Å². The van der Waals surface area contributed by atoms with Crippen molar-refractivity contribution < 1.29 is 34.8 Å². The van der Waals surface area contributed by atoms with E-state index >= 15 is 0 Å². The SMILES string of the molecule is O=S(=O)(Cl)CC(C(F)(F)F)C(F)(F)F. The minimum absolute atomic E-state index is 2.21. The Morgan fingerprint density at radius 2 is 1.29 bits per heavy atom. The lowest BCUT2D eigenvalue weighted by Gasteiger charge is -2.21. The van der Waals surface area contributed by atoms with Crippen LogP contribution in [0.25, 0.3) is 0 Å². The Labute approximate surface area is 79.3 Å². The van der Waals surface area contributed by atoms with E-state index < -0.39 is 33.1 Å². The normalized spacial score (nSPS) is 14.9. The molecule has 0 spiro atoms. The van der Waals surface area contributed by atoms with Gasteiger partial charge in [0.1, 0.15) is 0 Å². The quantitative estimate of drug-likeness (QED) is 0.566. The van der Waals surface area contributed by atoms with Crippen molar-refractivity contribution in [1.29, 1.82) is 0 Å². The summed E-state index contributed by atoms with van der Waals surface area (Å²) in [6, 6.07) is 0. The van der Waals surface area contributed by atoms with Crippen molar-refractivity contribution >= 4 is 19.7 Å². The molecule has 86 valence electrons. The molecule has 0 aromatic heterocycles. The Morgan fingerprint density at radius 3 is 1.36 bits per heavy atom. The highest BCUT2D eigenvalue weighted by molar-refractivity contribution is 8.13. The summed E-state index contributed by atoms with van der Waals surface area (Å²) in [5.74, 6) is -6.15. The van der Waals surface area contributed by atoms with Crippen molar-refractivity contribution in [3.05, 3.63) is 0 Å². The van der Waals surface area contributed by atoms with Gasteiger partial charge in [0.15, 0.2) is 5.92 Å².